The van der Waals surface area contributed by atoms with E-state index in [0.717, 1.165) is 11.4 Å². The molecule has 1 heterocycles. The summed E-state index contributed by atoms with van der Waals surface area (Å²) in [6.07, 6.45) is 1.64. The first-order chi connectivity index (χ1) is 14.0. The molecule has 0 bridgehead atoms. The molecule has 0 radical (unpaired) electrons. The van der Waals surface area contributed by atoms with Crippen molar-refractivity contribution in [2.24, 2.45) is 0 Å². The third-order valence-corrected chi connectivity index (χ3v) is 4.50. The lowest BCUT2D eigenvalue weighted by Gasteiger charge is -2.11. The number of aromatic nitrogens is 1. The highest BCUT2D eigenvalue weighted by Crippen LogP contribution is 2.30. The zero-order valence-corrected chi connectivity index (χ0v) is 17.0. The van der Waals surface area contributed by atoms with Crippen LogP contribution in [0.4, 0.5) is 17.1 Å². The van der Waals surface area contributed by atoms with Crippen LogP contribution in [0.25, 0.3) is 0 Å². The predicted molar refractivity (Wildman–Crippen MR) is 116 cm³/mol. The van der Waals surface area contributed by atoms with Gasteiger partial charge in [0.15, 0.2) is 11.5 Å². The number of nitrogens with zero attached hydrogens (tertiary/aromatic N) is 1. The van der Waals surface area contributed by atoms with Crippen LogP contribution in [0.5, 0.6) is 11.5 Å². The van der Waals surface area contributed by atoms with Crippen molar-refractivity contribution in [2.45, 2.75) is 19.8 Å². The summed E-state index contributed by atoms with van der Waals surface area (Å²) in [6, 6.07) is 17.0. The number of carbonyl (C=O) groups excluding carboxylic acids is 1. The van der Waals surface area contributed by atoms with Gasteiger partial charge in [0, 0.05) is 17.4 Å². The molecule has 0 saturated heterocycles. The maximum Gasteiger partial charge on any atom is 0.274 e. The lowest BCUT2D eigenvalue weighted by Crippen LogP contribution is -2.13. The highest BCUT2D eigenvalue weighted by Gasteiger charge is 2.10. The van der Waals surface area contributed by atoms with Gasteiger partial charge in [0.25, 0.3) is 5.91 Å². The Morgan fingerprint density at radius 1 is 0.862 bits per heavy atom. The number of benzene rings is 2. The molecular formula is C23H25N3O3. The Balaban J connectivity index is 1.65. The minimum absolute atomic E-state index is 0.301. The normalized spacial score (nSPS) is 10.5. The van der Waals surface area contributed by atoms with E-state index in [9.17, 15) is 4.79 Å². The van der Waals surface area contributed by atoms with Gasteiger partial charge in [-0.15, -0.1) is 0 Å². The van der Waals surface area contributed by atoms with Crippen LogP contribution in [-0.4, -0.2) is 25.1 Å². The van der Waals surface area contributed by atoms with E-state index < -0.39 is 0 Å². The zero-order valence-electron chi connectivity index (χ0n) is 17.0. The topological polar surface area (TPSA) is 72.5 Å². The standard InChI is InChI=1S/C23H25N3O3/c1-15(2)16-5-7-17(8-6-16)25-19-9-11-20(24-14-19)23(27)26-18-10-12-21(28-3)22(13-18)29-4/h5-15,25H,1-4H3,(H,26,27). The number of carbonyl (C=O) groups is 1. The number of methoxy groups -OCH3 is 2. The summed E-state index contributed by atoms with van der Waals surface area (Å²) in [4.78, 5) is 16.7. The van der Waals surface area contributed by atoms with Crippen molar-refractivity contribution in [3.8, 4) is 11.5 Å². The van der Waals surface area contributed by atoms with Crippen molar-refractivity contribution >= 4 is 23.0 Å². The van der Waals surface area contributed by atoms with Crippen molar-refractivity contribution in [3.63, 3.8) is 0 Å². The van der Waals surface area contributed by atoms with E-state index in [2.05, 4.69) is 41.6 Å². The Morgan fingerprint density at radius 2 is 1.52 bits per heavy atom. The molecule has 1 aromatic heterocycles. The number of amides is 1. The van der Waals surface area contributed by atoms with Crippen LogP contribution in [-0.2, 0) is 0 Å². The van der Waals surface area contributed by atoms with Crippen LogP contribution in [0.1, 0.15) is 35.8 Å². The van der Waals surface area contributed by atoms with Crippen molar-refractivity contribution in [1.82, 2.24) is 4.98 Å². The molecule has 6 heteroatoms. The second-order valence-electron chi connectivity index (χ2n) is 6.86. The van der Waals surface area contributed by atoms with E-state index in [1.165, 1.54) is 5.56 Å². The van der Waals surface area contributed by atoms with E-state index >= 15 is 0 Å². The summed E-state index contributed by atoms with van der Waals surface area (Å²) in [5.41, 5.74) is 3.99. The smallest absolute Gasteiger partial charge is 0.274 e. The minimum atomic E-state index is -0.301. The maximum atomic E-state index is 12.5. The molecule has 0 spiro atoms. The van der Waals surface area contributed by atoms with Crippen molar-refractivity contribution in [1.29, 1.82) is 0 Å². The molecule has 3 aromatic rings. The molecule has 6 nitrogen and oxygen atoms in total. The van der Waals surface area contributed by atoms with Crippen LogP contribution < -0.4 is 20.1 Å². The van der Waals surface area contributed by atoms with Gasteiger partial charge in [0.05, 0.1) is 26.1 Å². The largest absolute Gasteiger partial charge is 0.493 e. The Kier molecular flexibility index (Phi) is 6.34. The monoisotopic (exact) mass is 391 g/mol. The molecule has 0 unspecified atom stereocenters. The van der Waals surface area contributed by atoms with E-state index in [1.807, 2.05) is 18.2 Å². The Morgan fingerprint density at radius 3 is 2.10 bits per heavy atom. The van der Waals surface area contributed by atoms with Crippen molar-refractivity contribution in [2.75, 3.05) is 24.9 Å². The second kappa shape index (κ2) is 9.10. The van der Waals surface area contributed by atoms with Crippen LogP contribution in [0, 0.1) is 0 Å². The highest BCUT2D eigenvalue weighted by atomic mass is 16.5. The Hall–Kier alpha value is -3.54. The summed E-state index contributed by atoms with van der Waals surface area (Å²) in [5, 5.41) is 6.10. The van der Waals surface area contributed by atoms with Gasteiger partial charge < -0.3 is 20.1 Å². The Labute approximate surface area is 170 Å². The van der Waals surface area contributed by atoms with Crippen molar-refractivity contribution in [3.05, 3.63) is 72.1 Å². The van der Waals surface area contributed by atoms with Crippen LogP contribution in [0.2, 0.25) is 0 Å². The van der Waals surface area contributed by atoms with Gasteiger partial charge in [0.2, 0.25) is 0 Å². The summed E-state index contributed by atoms with van der Waals surface area (Å²) in [7, 11) is 3.11. The number of ether oxygens (including phenoxy) is 2. The molecule has 0 fully saturated rings. The van der Waals surface area contributed by atoms with E-state index in [0.29, 0.717) is 28.8 Å². The van der Waals surface area contributed by atoms with Crippen LogP contribution >= 0.6 is 0 Å². The zero-order chi connectivity index (χ0) is 20.8. The van der Waals surface area contributed by atoms with Gasteiger partial charge in [0.1, 0.15) is 5.69 Å². The molecule has 0 aliphatic rings. The highest BCUT2D eigenvalue weighted by molar-refractivity contribution is 6.03. The number of hydrogen-bond acceptors (Lipinski definition) is 5. The molecule has 0 aliphatic heterocycles. The van der Waals surface area contributed by atoms with Crippen LogP contribution in [0.15, 0.2) is 60.8 Å². The lowest BCUT2D eigenvalue weighted by atomic mass is 10.0. The fourth-order valence-electron chi connectivity index (χ4n) is 2.83. The first kappa shape index (κ1) is 20.2. The molecule has 0 atom stereocenters. The molecule has 3 rings (SSSR count). The van der Waals surface area contributed by atoms with E-state index in [-0.39, 0.29) is 5.91 Å². The molecular weight excluding hydrogens is 366 g/mol. The lowest BCUT2D eigenvalue weighted by molar-refractivity contribution is 0.102. The molecule has 150 valence electrons. The summed E-state index contributed by atoms with van der Waals surface area (Å²) >= 11 is 0. The number of nitrogens with one attached hydrogen (secondary N) is 2. The number of pyridine rings is 1. The number of rotatable bonds is 7. The average molecular weight is 391 g/mol. The molecule has 29 heavy (non-hydrogen) atoms. The SMILES string of the molecule is COc1ccc(NC(=O)c2ccc(Nc3ccc(C(C)C)cc3)cn2)cc1OC. The van der Waals surface area contributed by atoms with E-state index in [4.69, 9.17) is 9.47 Å². The third kappa shape index (κ3) is 5.04. The molecule has 1 amide bonds. The van der Waals surface area contributed by atoms with Gasteiger partial charge in [-0.3, -0.25) is 4.79 Å². The second-order valence-corrected chi connectivity index (χ2v) is 6.86. The van der Waals surface area contributed by atoms with Crippen molar-refractivity contribution < 1.29 is 14.3 Å². The van der Waals surface area contributed by atoms with Gasteiger partial charge in [-0.1, -0.05) is 26.0 Å². The van der Waals surface area contributed by atoms with E-state index in [1.54, 1.807) is 44.7 Å². The van der Waals surface area contributed by atoms with Gasteiger partial charge >= 0.3 is 0 Å². The number of hydrogen-bond donors (Lipinski definition) is 2. The minimum Gasteiger partial charge on any atom is -0.493 e. The van der Waals surface area contributed by atoms with Crippen LogP contribution in [0.3, 0.4) is 0 Å². The first-order valence-electron chi connectivity index (χ1n) is 9.36. The van der Waals surface area contributed by atoms with Gasteiger partial charge in [-0.2, -0.15) is 0 Å². The maximum absolute atomic E-state index is 12.5. The third-order valence-electron chi connectivity index (χ3n) is 4.50. The first-order valence-corrected chi connectivity index (χ1v) is 9.36. The van der Waals surface area contributed by atoms with Gasteiger partial charge in [-0.05, 0) is 47.9 Å². The summed E-state index contributed by atoms with van der Waals surface area (Å²) < 4.78 is 10.5. The fourth-order valence-corrected chi connectivity index (χ4v) is 2.83. The molecule has 2 N–H and O–H groups in total. The summed E-state index contributed by atoms with van der Waals surface area (Å²) in [5.74, 6) is 1.33. The average Bonchev–Trinajstić information content (AvgIpc) is 2.74. The predicted octanol–water partition coefficient (Wildman–Crippen LogP) is 5.22. The fraction of sp³-hybridized carbons (Fsp3) is 0.217. The number of anilines is 3. The Bertz CT molecular complexity index is 968. The molecule has 0 aliphatic carbocycles. The summed E-state index contributed by atoms with van der Waals surface area (Å²) in [6.45, 7) is 4.33. The molecule has 2 aromatic carbocycles. The quantitative estimate of drug-likeness (QED) is 0.578. The molecule has 0 saturated carbocycles. The van der Waals surface area contributed by atoms with Gasteiger partial charge in [-0.25, -0.2) is 4.98 Å².